The Labute approximate surface area is 128 Å². The van der Waals surface area contributed by atoms with Gasteiger partial charge in [0.1, 0.15) is 11.4 Å². The van der Waals surface area contributed by atoms with E-state index in [1.807, 2.05) is 18.2 Å². The van der Waals surface area contributed by atoms with Crippen molar-refractivity contribution in [3.8, 4) is 0 Å². The van der Waals surface area contributed by atoms with E-state index in [9.17, 15) is 9.59 Å². The van der Waals surface area contributed by atoms with E-state index in [0.29, 0.717) is 18.9 Å². The van der Waals surface area contributed by atoms with Crippen molar-refractivity contribution in [3.05, 3.63) is 58.3 Å². The summed E-state index contributed by atoms with van der Waals surface area (Å²) in [6, 6.07) is 10.1. The molecular weight excluding hydrogens is 280 g/mol. The van der Waals surface area contributed by atoms with Gasteiger partial charge in [-0.05, 0) is 19.1 Å². The Balaban J connectivity index is 1.68. The molecule has 114 valence electrons. The predicted octanol–water partition coefficient (Wildman–Crippen LogP) is 1.04. The maximum absolute atomic E-state index is 12.4. The Hall–Kier alpha value is -2.63. The summed E-state index contributed by atoms with van der Waals surface area (Å²) in [6.07, 6.45) is 1.36. The second-order valence-corrected chi connectivity index (χ2v) is 5.33. The molecule has 6 heteroatoms. The smallest absolute Gasteiger partial charge is 0.263 e. The van der Waals surface area contributed by atoms with Crippen LogP contribution in [0, 0.1) is 6.92 Å². The fraction of sp³-hybridized carbons (Fsp3) is 0.312. The summed E-state index contributed by atoms with van der Waals surface area (Å²) in [5.74, 6) is 0.261. The number of carbonyl (C=O) groups is 1. The Kier molecular flexibility index (Phi) is 3.91. The van der Waals surface area contributed by atoms with E-state index < -0.39 is 0 Å². The highest BCUT2D eigenvalue weighted by atomic mass is 16.2. The number of hydrogen-bond donors (Lipinski definition) is 1. The van der Waals surface area contributed by atoms with Crippen LogP contribution in [0.2, 0.25) is 0 Å². The first kappa shape index (κ1) is 14.3. The molecule has 0 saturated carbocycles. The molecule has 1 aromatic heterocycles. The summed E-state index contributed by atoms with van der Waals surface area (Å²) in [6.45, 7) is 4.40. The van der Waals surface area contributed by atoms with Crippen molar-refractivity contribution in [2.45, 2.75) is 6.92 Å². The third-order valence-electron chi connectivity index (χ3n) is 3.84. The Morgan fingerprint density at radius 3 is 2.45 bits per heavy atom. The zero-order chi connectivity index (χ0) is 15.5. The first-order chi connectivity index (χ1) is 10.6. The fourth-order valence-corrected chi connectivity index (χ4v) is 2.61. The van der Waals surface area contributed by atoms with E-state index in [2.05, 4.69) is 27.0 Å². The SMILES string of the molecule is Cc1ncc(C(=O)N2CCN(c3ccccc3)CC2)c(=O)[nH]1. The van der Waals surface area contributed by atoms with Gasteiger partial charge in [0.15, 0.2) is 0 Å². The molecule has 1 fully saturated rings. The number of carbonyl (C=O) groups excluding carboxylic acids is 1. The van der Waals surface area contributed by atoms with Gasteiger partial charge in [-0.3, -0.25) is 9.59 Å². The molecule has 0 spiro atoms. The average Bonchev–Trinajstić information content (AvgIpc) is 2.55. The standard InChI is InChI=1S/C16H18N4O2/c1-12-17-11-14(15(21)18-12)16(22)20-9-7-19(8-10-20)13-5-3-2-4-6-13/h2-6,11H,7-10H2,1H3,(H,17,18,21). The second-order valence-electron chi connectivity index (χ2n) is 5.33. The molecule has 3 rings (SSSR count). The molecule has 22 heavy (non-hydrogen) atoms. The molecule has 2 heterocycles. The number of H-pyrrole nitrogens is 1. The Morgan fingerprint density at radius 1 is 1.14 bits per heavy atom. The number of nitrogens with zero attached hydrogens (tertiary/aromatic N) is 3. The predicted molar refractivity (Wildman–Crippen MR) is 84.2 cm³/mol. The summed E-state index contributed by atoms with van der Waals surface area (Å²) < 4.78 is 0. The quantitative estimate of drug-likeness (QED) is 0.899. The van der Waals surface area contributed by atoms with Gasteiger partial charge in [-0.15, -0.1) is 0 Å². The van der Waals surface area contributed by atoms with Crippen LogP contribution in [0.3, 0.4) is 0 Å². The van der Waals surface area contributed by atoms with Crippen LogP contribution < -0.4 is 10.5 Å². The van der Waals surface area contributed by atoms with Crippen molar-refractivity contribution in [2.75, 3.05) is 31.1 Å². The first-order valence-corrected chi connectivity index (χ1v) is 7.30. The minimum absolute atomic E-state index is 0.110. The maximum Gasteiger partial charge on any atom is 0.263 e. The summed E-state index contributed by atoms with van der Waals surface area (Å²) >= 11 is 0. The van der Waals surface area contributed by atoms with Gasteiger partial charge in [-0.2, -0.15) is 0 Å². The topological polar surface area (TPSA) is 69.3 Å². The van der Waals surface area contributed by atoms with Crippen LogP contribution in [0.5, 0.6) is 0 Å². The normalized spacial score (nSPS) is 15.0. The van der Waals surface area contributed by atoms with Gasteiger partial charge >= 0.3 is 0 Å². The zero-order valence-electron chi connectivity index (χ0n) is 12.5. The summed E-state index contributed by atoms with van der Waals surface area (Å²) in [5.41, 5.74) is 0.895. The maximum atomic E-state index is 12.4. The highest BCUT2D eigenvalue weighted by Crippen LogP contribution is 2.16. The molecule has 0 radical (unpaired) electrons. The number of aromatic nitrogens is 2. The van der Waals surface area contributed by atoms with Gasteiger partial charge in [0.05, 0.1) is 0 Å². The monoisotopic (exact) mass is 298 g/mol. The molecule has 0 bridgehead atoms. The average molecular weight is 298 g/mol. The van der Waals surface area contributed by atoms with Crippen molar-refractivity contribution in [3.63, 3.8) is 0 Å². The van der Waals surface area contributed by atoms with Gasteiger partial charge in [0.25, 0.3) is 11.5 Å². The van der Waals surface area contributed by atoms with Gasteiger partial charge in [0.2, 0.25) is 0 Å². The lowest BCUT2D eigenvalue weighted by Crippen LogP contribution is -2.49. The Morgan fingerprint density at radius 2 is 1.82 bits per heavy atom. The van der Waals surface area contributed by atoms with E-state index in [1.165, 1.54) is 6.20 Å². The molecule has 0 atom stereocenters. The number of benzene rings is 1. The summed E-state index contributed by atoms with van der Waals surface area (Å²) in [4.78, 5) is 34.8. The van der Waals surface area contributed by atoms with E-state index in [0.717, 1.165) is 18.8 Å². The van der Waals surface area contributed by atoms with Crippen LogP contribution in [-0.2, 0) is 0 Å². The van der Waals surface area contributed by atoms with E-state index >= 15 is 0 Å². The third-order valence-corrected chi connectivity index (χ3v) is 3.84. The van der Waals surface area contributed by atoms with E-state index in [1.54, 1.807) is 11.8 Å². The van der Waals surface area contributed by atoms with Crippen molar-refractivity contribution >= 4 is 11.6 Å². The molecule has 1 saturated heterocycles. The van der Waals surface area contributed by atoms with Crippen molar-refractivity contribution in [1.29, 1.82) is 0 Å². The molecular formula is C16H18N4O2. The summed E-state index contributed by atoms with van der Waals surface area (Å²) in [5, 5.41) is 0. The minimum Gasteiger partial charge on any atom is -0.368 e. The van der Waals surface area contributed by atoms with Crippen LogP contribution in [0.25, 0.3) is 0 Å². The number of hydrogen-bond acceptors (Lipinski definition) is 4. The number of para-hydroxylation sites is 1. The van der Waals surface area contributed by atoms with Crippen molar-refractivity contribution in [2.24, 2.45) is 0 Å². The first-order valence-electron chi connectivity index (χ1n) is 7.30. The van der Waals surface area contributed by atoms with Crippen LogP contribution >= 0.6 is 0 Å². The molecule has 1 aliphatic heterocycles. The number of rotatable bonds is 2. The molecule has 1 aliphatic rings. The molecule has 0 unspecified atom stereocenters. The number of anilines is 1. The zero-order valence-corrected chi connectivity index (χ0v) is 12.5. The number of amides is 1. The second kappa shape index (κ2) is 6.01. The van der Waals surface area contributed by atoms with Crippen LogP contribution in [0.1, 0.15) is 16.2 Å². The molecule has 2 aromatic rings. The van der Waals surface area contributed by atoms with Gasteiger partial charge in [0, 0.05) is 38.1 Å². The van der Waals surface area contributed by atoms with Gasteiger partial charge < -0.3 is 14.8 Å². The van der Waals surface area contributed by atoms with Crippen LogP contribution in [-0.4, -0.2) is 47.0 Å². The lowest BCUT2D eigenvalue weighted by Gasteiger charge is -2.36. The molecule has 0 aliphatic carbocycles. The van der Waals surface area contributed by atoms with Crippen LogP contribution in [0.15, 0.2) is 41.3 Å². The molecule has 1 aromatic carbocycles. The molecule has 1 amide bonds. The number of nitrogens with one attached hydrogen (secondary N) is 1. The molecule has 1 N–H and O–H groups in total. The lowest BCUT2D eigenvalue weighted by atomic mass is 10.2. The highest BCUT2D eigenvalue weighted by molar-refractivity contribution is 5.93. The van der Waals surface area contributed by atoms with Crippen molar-refractivity contribution in [1.82, 2.24) is 14.9 Å². The minimum atomic E-state index is -0.372. The number of piperazine rings is 1. The highest BCUT2D eigenvalue weighted by Gasteiger charge is 2.24. The van der Waals surface area contributed by atoms with Crippen LogP contribution in [0.4, 0.5) is 5.69 Å². The van der Waals surface area contributed by atoms with Gasteiger partial charge in [-0.1, -0.05) is 18.2 Å². The Bertz CT molecular complexity index is 718. The summed E-state index contributed by atoms with van der Waals surface area (Å²) in [7, 11) is 0. The van der Waals surface area contributed by atoms with Crippen molar-refractivity contribution < 1.29 is 4.79 Å². The van der Waals surface area contributed by atoms with E-state index in [4.69, 9.17) is 0 Å². The fourth-order valence-electron chi connectivity index (χ4n) is 2.61. The lowest BCUT2D eigenvalue weighted by molar-refractivity contribution is 0.0744. The largest absolute Gasteiger partial charge is 0.368 e. The number of aryl methyl sites for hydroxylation is 1. The number of aromatic amines is 1. The third kappa shape index (κ3) is 2.86. The van der Waals surface area contributed by atoms with Gasteiger partial charge in [-0.25, -0.2) is 4.98 Å². The van der Waals surface area contributed by atoms with E-state index in [-0.39, 0.29) is 17.0 Å². The molecule has 6 nitrogen and oxygen atoms in total.